The maximum absolute atomic E-state index is 5.44. The SMILES string of the molecule is CC(CCNC1(C)CCOCC1)C1CCCNC1. The Morgan fingerprint density at radius 1 is 1.39 bits per heavy atom. The van der Waals surface area contributed by atoms with Crippen LogP contribution in [0.15, 0.2) is 0 Å². The standard InChI is InChI=1S/C15H30N2O/c1-13(14-4-3-8-16-12-14)5-9-17-15(2)6-10-18-11-7-15/h13-14,16-17H,3-12H2,1-2H3. The molecule has 0 radical (unpaired) electrons. The Morgan fingerprint density at radius 2 is 2.17 bits per heavy atom. The zero-order valence-corrected chi connectivity index (χ0v) is 12.1. The van der Waals surface area contributed by atoms with Crippen molar-refractivity contribution in [3.8, 4) is 0 Å². The first-order valence-electron chi connectivity index (χ1n) is 7.73. The molecule has 2 N–H and O–H groups in total. The number of hydrogen-bond donors (Lipinski definition) is 2. The molecule has 0 aromatic rings. The zero-order valence-electron chi connectivity index (χ0n) is 12.1. The smallest absolute Gasteiger partial charge is 0.0483 e. The van der Waals surface area contributed by atoms with Crippen LogP contribution in [0.4, 0.5) is 0 Å². The topological polar surface area (TPSA) is 33.3 Å². The number of ether oxygens (including phenoxy) is 1. The number of rotatable bonds is 5. The van der Waals surface area contributed by atoms with Crippen molar-refractivity contribution in [1.29, 1.82) is 0 Å². The highest BCUT2D eigenvalue weighted by atomic mass is 16.5. The summed E-state index contributed by atoms with van der Waals surface area (Å²) in [6, 6.07) is 0. The van der Waals surface area contributed by atoms with E-state index in [1.807, 2.05) is 0 Å². The Labute approximate surface area is 112 Å². The minimum absolute atomic E-state index is 0.322. The van der Waals surface area contributed by atoms with Crippen LogP contribution in [-0.2, 0) is 4.74 Å². The molecule has 0 saturated carbocycles. The first-order valence-corrected chi connectivity index (χ1v) is 7.73. The normalized spacial score (nSPS) is 30.0. The molecule has 106 valence electrons. The molecule has 0 aromatic carbocycles. The van der Waals surface area contributed by atoms with Gasteiger partial charge in [-0.25, -0.2) is 0 Å². The van der Waals surface area contributed by atoms with Crippen molar-refractivity contribution < 1.29 is 4.74 Å². The Bertz CT molecular complexity index is 233. The molecule has 0 aliphatic carbocycles. The van der Waals surface area contributed by atoms with Crippen molar-refractivity contribution in [2.45, 2.75) is 51.5 Å². The van der Waals surface area contributed by atoms with Gasteiger partial charge < -0.3 is 15.4 Å². The van der Waals surface area contributed by atoms with E-state index in [2.05, 4.69) is 24.5 Å². The van der Waals surface area contributed by atoms with Gasteiger partial charge in [0.1, 0.15) is 0 Å². The molecule has 2 unspecified atom stereocenters. The monoisotopic (exact) mass is 254 g/mol. The van der Waals surface area contributed by atoms with Gasteiger partial charge >= 0.3 is 0 Å². The summed E-state index contributed by atoms with van der Waals surface area (Å²) < 4.78 is 5.44. The highest BCUT2D eigenvalue weighted by Gasteiger charge is 2.27. The van der Waals surface area contributed by atoms with Crippen LogP contribution >= 0.6 is 0 Å². The van der Waals surface area contributed by atoms with E-state index < -0.39 is 0 Å². The van der Waals surface area contributed by atoms with E-state index in [9.17, 15) is 0 Å². The number of hydrogen-bond acceptors (Lipinski definition) is 3. The van der Waals surface area contributed by atoms with Gasteiger partial charge in [-0.2, -0.15) is 0 Å². The predicted octanol–water partition coefficient (Wildman–Crippen LogP) is 2.17. The molecule has 2 atom stereocenters. The van der Waals surface area contributed by atoms with E-state index in [-0.39, 0.29) is 0 Å². The first-order chi connectivity index (χ1) is 8.70. The maximum Gasteiger partial charge on any atom is 0.0483 e. The van der Waals surface area contributed by atoms with Crippen LogP contribution in [0.1, 0.15) is 46.0 Å². The van der Waals surface area contributed by atoms with Crippen molar-refractivity contribution in [2.75, 3.05) is 32.8 Å². The van der Waals surface area contributed by atoms with Crippen LogP contribution in [-0.4, -0.2) is 38.4 Å². The van der Waals surface area contributed by atoms with Gasteiger partial charge in [0.05, 0.1) is 0 Å². The molecular weight excluding hydrogens is 224 g/mol. The van der Waals surface area contributed by atoms with Crippen molar-refractivity contribution in [2.24, 2.45) is 11.8 Å². The lowest BCUT2D eigenvalue weighted by molar-refractivity contribution is 0.0445. The van der Waals surface area contributed by atoms with Gasteiger partial charge in [0.25, 0.3) is 0 Å². The predicted molar refractivity (Wildman–Crippen MR) is 75.8 cm³/mol. The summed E-state index contributed by atoms with van der Waals surface area (Å²) in [7, 11) is 0. The largest absolute Gasteiger partial charge is 0.381 e. The fourth-order valence-corrected chi connectivity index (χ4v) is 3.20. The summed E-state index contributed by atoms with van der Waals surface area (Å²) in [5.41, 5.74) is 0.322. The van der Waals surface area contributed by atoms with E-state index in [1.165, 1.54) is 32.4 Å². The molecule has 0 bridgehead atoms. The summed E-state index contributed by atoms with van der Waals surface area (Å²) in [5.74, 6) is 1.73. The molecule has 18 heavy (non-hydrogen) atoms. The van der Waals surface area contributed by atoms with Gasteiger partial charge in [0.2, 0.25) is 0 Å². The fraction of sp³-hybridized carbons (Fsp3) is 1.00. The molecular formula is C15H30N2O. The molecule has 2 saturated heterocycles. The minimum Gasteiger partial charge on any atom is -0.381 e. The van der Waals surface area contributed by atoms with Gasteiger partial charge in [0, 0.05) is 18.8 Å². The summed E-state index contributed by atoms with van der Waals surface area (Å²) in [4.78, 5) is 0. The van der Waals surface area contributed by atoms with Gasteiger partial charge in [-0.15, -0.1) is 0 Å². The molecule has 2 rings (SSSR count). The maximum atomic E-state index is 5.44. The third kappa shape index (κ3) is 4.22. The molecule has 0 aromatic heterocycles. The lowest BCUT2D eigenvalue weighted by Crippen LogP contribution is -2.47. The average molecular weight is 254 g/mol. The first kappa shape index (κ1) is 14.3. The van der Waals surface area contributed by atoms with E-state index in [1.54, 1.807) is 0 Å². The van der Waals surface area contributed by atoms with E-state index >= 15 is 0 Å². The summed E-state index contributed by atoms with van der Waals surface area (Å²) >= 11 is 0. The molecule has 0 amide bonds. The van der Waals surface area contributed by atoms with E-state index in [0.29, 0.717) is 5.54 Å². The Kier molecular flexibility index (Phi) is 5.46. The van der Waals surface area contributed by atoms with Crippen molar-refractivity contribution in [3.05, 3.63) is 0 Å². The van der Waals surface area contributed by atoms with Crippen LogP contribution in [0.3, 0.4) is 0 Å². The lowest BCUT2D eigenvalue weighted by Gasteiger charge is -2.35. The Balaban J connectivity index is 1.64. The van der Waals surface area contributed by atoms with Crippen LogP contribution in [0.5, 0.6) is 0 Å². The van der Waals surface area contributed by atoms with Crippen LogP contribution < -0.4 is 10.6 Å². The third-order valence-electron chi connectivity index (χ3n) is 4.89. The van der Waals surface area contributed by atoms with Gasteiger partial charge in [-0.3, -0.25) is 0 Å². The Hall–Kier alpha value is -0.120. The van der Waals surface area contributed by atoms with Crippen LogP contribution in [0, 0.1) is 11.8 Å². The minimum atomic E-state index is 0.322. The fourth-order valence-electron chi connectivity index (χ4n) is 3.20. The second-order valence-electron chi connectivity index (χ2n) is 6.47. The number of nitrogens with one attached hydrogen (secondary N) is 2. The van der Waals surface area contributed by atoms with Gasteiger partial charge in [-0.05, 0) is 70.5 Å². The molecule has 3 heteroatoms. The molecule has 0 spiro atoms. The van der Waals surface area contributed by atoms with Crippen LogP contribution in [0.2, 0.25) is 0 Å². The highest BCUT2D eigenvalue weighted by molar-refractivity contribution is 4.85. The second-order valence-corrected chi connectivity index (χ2v) is 6.47. The van der Waals surface area contributed by atoms with Crippen molar-refractivity contribution >= 4 is 0 Å². The quantitative estimate of drug-likeness (QED) is 0.789. The molecule has 2 aliphatic rings. The third-order valence-corrected chi connectivity index (χ3v) is 4.89. The van der Waals surface area contributed by atoms with E-state index in [4.69, 9.17) is 4.74 Å². The average Bonchev–Trinajstić information content (AvgIpc) is 2.40. The summed E-state index contributed by atoms with van der Waals surface area (Å²) in [5, 5.41) is 7.29. The van der Waals surface area contributed by atoms with Crippen molar-refractivity contribution in [1.82, 2.24) is 10.6 Å². The lowest BCUT2D eigenvalue weighted by atomic mass is 9.85. The Morgan fingerprint density at radius 3 is 2.83 bits per heavy atom. The summed E-state index contributed by atoms with van der Waals surface area (Å²) in [6.45, 7) is 10.2. The van der Waals surface area contributed by atoms with Crippen LogP contribution in [0.25, 0.3) is 0 Å². The molecule has 2 heterocycles. The van der Waals surface area contributed by atoms with Gasteiger partial charge in [-0.1, -0.05) is 6.92 Å². The summed E-state index contributed by atoms with van der Waals surface area (Å²) in [6.07, 6.45) is 6.40. The molecule has 3 nitrogen and oxygen atoms in total. The second kappa shape index (κ2) is 6.88. The highest BCUT2D eigenvalue weighted by Crippen LogP contribution is 2.23. The molecule has 2 aliphatic heterocycles. The number of piperidine rings is 1. The van der Waals surface area contributed by atoms with E-state index in [0.717, 1.165) is 44.4 Å². The molecule has 2 fully saturated rings. The zero-order chi connectivity index (χ0) is 12.8. The van der Waals surface area contributed by atoms with Crippen molar-refractivity contribution in [3.63, 3.8) is 0 Å². The van der Waals surface area contributed by atoms with Gasteiger partial charge in [0.15, 0.2) is 0 Å².